The maximum Gasteiger partial charge on any atom is 0.189 e. The normalized spacial score (nSPS) is 23.1. The quantitative estimate of drug-likeness (QED) is 0.265. The second-order valence-electron chi connectivity index (χ2n) is 5.26. The maximum atomic E-state index is 9.30. The molecule has 110 valence electrons. The van der Waals surface area contributed by atoms with Gasteiger partial charge in [0.15, 0.2) is 5.84 Å². The highest BCUT2D eigenvalue weighted by Gasteiger charge is 2.25. The fourth-order valence-electron chi connectivity index (χ4n) is 2.87. The third kappa shape index (κ3) is 3.46. The Bertz CT molecular complexity index is 464. The predicted molar refractivity (Wildman–Crippen MR) is 76.4 cm³/mol. The van der Waals surface area contributed by atoms with Crippen LogP contribution in [0.4, 0.5) is 0 Å². The van der Waals surface area contributed by atoms with Gasteiger partial charge in [0, 0.05) is 19.3 Å². The molecule has 0 radical (unpaired) electrons. The Labute approximate surface area is 118 Å². The molecule has 1 heterocycles. The second-order valence-corrected chi connectivity index (χ2v) is 5.26. The summed E-state index contributed by atoms with van der Waals surface area (Å²) in [5.74, 6) is 0.973. The average Bonchev–Trinajstić information content (AvgIpc) is 2.94. The molecule has 1 fully saturated rings. The van der Waals surface area contributed by atoms with Gasteiger partial charge in [-0.3, -0.25) is 4.98 Å². The van der Waals surface area contributed by atoms with Gasteiger partial charge < -0.3 is 21.4 Å². The van der Waals surface area contributed by atoms with Crippen molar-refractivity contribution in [2.75, 3.05) is 13.2 Å². The maximum absolute atomic E-state index is 9.30. The van der Waals surface area contributed by atoms with E-state index in [9.17, 15) is 5.11 Å². The van der Waals surface area contributed by atoms with Gasteiger partial charge in [-0.05, 0) is 42.9 Å². The van der Waals surface area contributed by atoms with Gasteiger partial charge in [-0.25, -0.2) is 0 Å². The Hall–Kier alpha value is -1.66. The number of hydrogen-bond donors (Lipinski definition) is 4. The molecular weight excluding hydrogens is 256 g/mol. The Balaban J connectivity index is 1.91. The van der Waals surface area contributed by atoms with E-state index in [1.807, 2.05) is 12.1 Å². The van der Waals surface area contributed by atoms with E-state index in [4.69, 9.17) is 10.9 Å². The highest BCUT2D eigenvalue weighted by atomic mass is 16.4. The molecule has 20 heavy (non-hydrogen) atoms. The number of pyridine rings is 1. The molecule has 6 heteroatoms. The van der Waals surface area contributed by atoms with Crippen molar-refractivity contribution in [3.8, 4) is 0 Å². The summed E-state index contributed by atoms with van der Waals surface area (Å²) in [6.07, 6.45) is 5.10. The Morgan fingerprint density at radius 2 is 2.25 bits per heavy atom. The molecule has 2 unspecified atom stereocenters. The molecular formula is C14H22N4O2. The number of amidine groups is 1. The largest absolute Gasteiger partial charge is 0.409 e. The summed E-state index contributed by atoms with van der Waals surface area (Å²) < 4.78 is 0. The van der Waals surface area contributed by atoms with Crippen LogP contribution in [0.1, 0.15) is 30.5 Å². The van der Waals surface area contributed by atoms with Crippen molar-refractivity contribution in [3.63, 3.8) is 0 Å². The molecule has 1 aliphatic rings. The third-order valence-corrected chi connectivity index (χ3v) is 4.01. The van der Waals surface area contributed by atoms with E-state index in [-0.39, 0.29) is 12.4 Å². The summed E-state index contributed by atoms with van der Waals surface area (Å²) >= 11 is 0. The van der Waals surface area contributed by atoms with E-state index in [0.29, 0.717) is 24.1 Å². The van der Waals surface area contributed by atoms with Crippen LogP contribution in [0, 0.1) is 11.8 Å². The number of nitrogens with zero attached hydrogens (tertiary/aromatic N) is 2. The molecule has 6 nitrogen and oxygen atoms in total. The van der Waals surface area contributed by atoms with Gasteiger partial charge in [-0.2, -0.15) is 0 Å². The zero-order valence-electron chi connectivity index (χ0n) is 11.5. The van der Waals surface area contributed by atoms with E-state index >= 15 is 0 Å². The number of nitrogens with one attached hydrogen (secondary N) is 1. The van der Waals surface area contributed by atoms with Crippen LogP contribution >= 0.6 is 0 Å². The Morgan fingerprint density at radius 3 is 3.00 bits per heavy atom. The summed E-state index contributed by atoms with van der Waals surface area (Å²) in [6, 6.07) is 3.74. The topological polar surface area (TPSA) is 104 Å². The summed E-state index contributed by atoms with van der Waals surface area (Å²) in [4.78, 5) is 4.14. The number of aromatic nitrogens is 1. The van der Waals surface area contributed by atoms with Crippen LogP contribution in [0.15, 0.2) is 23.5 Å². The molecule has 1 aliphatic carbocycles. The molecule has 0 spiro atoms. The van der Waals surface area contributed by atoms with Gasteiger partial charge in [0.05, 0.1) is 0 Å². The minimum absolute atomic E-state index is 0.0245. The van der Waals surface area contributed by atoms with Crippen LogP contribution in [0.2, 0.25) is 0 Å². The fraction of sp³-hybridized carbons (Fsp3) is 0.571. The second kappa shape index (κ2) is 7.21. The number of aliphatic hydroxyl groups is 1. The van der Waals surface area contributed by atoms with E-state index in [1.54, 1.807) is 6.20 Å². The molecule has 1 saturated carbocycles. The smallest absolute Gasteiger partial charge is 0.189 e. The predicted octanol–water partition coefficient (Wildman–Crippen LogP) is 0.674. The van der Waals surface area contributed by atoms with Crippen LogP contribution in [-0.2, 0) is 6.54 Å². The standard InChI is InChI=1S/C14H22N4O2/c15-14(18-20)13-11(5-2-6-17-13)8-16-7-10-3-1-4-12(10)9-19/h2,5-6,10,12,16,19-20H,1,3-4,7-9H2,(H2,15,18). The molecule has 5 N–H and O–H groups in total. The van der Waals surface area contributed by atoms with E-state index in [1.165, 1.54) is 12.8 Å². The fourth-order valence-corrected chi connectivity index (χ4v) is 2.87. The lowest BCUT2D eigenvalue weighted by molar-refractivity contribution is 0.192. The van der Waals surface area contributed by atoms with Gasteiger partial charge in [0.1, 0.15) is 5.69 Å². The Kier molecular flexibility index (Phi) is 5.31. The Morgan fingerprint density at radius 1 is 1.45 bits per heavy atom. The number of aliphatic hydroxyl groups excluding tert-OH is 1. The molecule has 0 bridgehead atoms. The molecule has 1 aromatic rings. The minimum Gasteiger partial charge on any atom is -0.409 e. The zero-order chi connectivity index (χ0) is 14.4. The molecule has 0 aliphatic heterocycles. The van der Waals surface area contributed by atoms with Gasteiger partial charge in [0.2, 0.25) is 0 Å². The first-order valence-electron chi connectivity index (χ1n) is 6.99. The van der Waals surface area contributed by atoms with Crippen molar-refractivity contribution in [1.82, 2.24) is 10.3 Å². The molecule has 0 amide bonds. The van der Waals surface area contributed by atoms with Crippen LogP contribution in [0.5, 0.6) is 0 Å². The molecule has 1 aromatic heterocycles. The van der Waals surface area contributed by atoms with E-state index in [0.717, 1.165) is 18.5 Å². The number of hydrogen-bond acceptors (Lipinski definition) is 5. The van der Waals surface area contributed by atoms with Crippen LogP contribution in [0.3, 0.4) is 0 Å². The first kappa shape index (κ1) is 14.7. The summed E-state index contributed by atoms with van der Waals surface area (Å²) in [5, 5.41) is 24.4. The molecule has 0 aromatic carbocycles. The van der Waals surface area contributed by atoms with Gasteiger partial charge in [-0.15, -0.1) is 0 Å². The van der Waals surface area contributed by atoms with Gasteiger partial charge in [0.25, 0.3) is 0 Å². The number of oxime groups is 1. The summed E-state index contributed by atoms with van der Waals surface area (Å²) in [5.41, 5.74) is 7.02. The van der Waals surface area contributed by atoms with E-state index in [2.05, 4.69) is 15.5 Å². The SMILES string of the molecule is NC(=NO)c1ncccc1CNCC1CCCC1CO. The van der Waals surface area contributed by atoms with Crippen LogP contribution < -0.4 is 11.1 Å². The van der Waals surface area contributed by atoms with Crippen LogP contribution in [-0.4, -0.2) is 34.3 Å². The lowest BCUT2D eigenvalue weighted by Crippen LogP contribution is -2.28. The third-order valence-electron chi connectivity index (χ3n) is 4.01. The zero-order valence-corrected chi connectivity index (χ0v) is 11.5. The van der Waals surface area contributed by atoms with Crippen molar-refractivity contribution in [2.24, 2.45) is 22.7 Å². The highest BCUT2D eigenvalue weighted by molar-refractivity contribution is 5.96. The minimum atomic E-state index is 0.0245. The average molecular weight is 278 g/mol. The highest BCUT2D eigenvalue weighted by Crippen LogP contribution is 2.30. The lowest BCUT2D eigenvalue weighted by Gasteiger charge is -2.18. The number of nitrogens with two attached hydrogens (primary N) is 1. The van der Waals surface area contributed by atoms with Crippen LogP contribution in [0.25, 0.3) is 0 Å². The van der Waals surface area contributed by atoms with Crippen molar-refractivity contribution in [3.05, 3.63) is 29.6 Å². The van der Waals surface area contributed by atoms with Gasteiger partial charge >= 0.3 is 0 Å². The van der Waals surface area contributed by atoms with Crippen molar-refractivity contribution >= 4 is 5.84 Å². The first-order chi connectivity index (χ1) is 9.76. The van der Waals surface area contributed by atoms with Gasteiger partial charge in [-0.1, -0.05) is 17.6 Å². The summed E-state index contributed by atoms with van der Waals surface area (Å²) in [6.45, 7) is 1.76. The first-order valence-corrected chi connectivity index (χ1v) is 6.99. The molecule has 2 rings (SSSR count). The summed E-state index contributed by atoms with van der Waals surface area (Å²) in [7, 11) is 0. The van der Waals surface area contributed by atoms with Crippen molar-refractivity contribution in [2.45, 2.75) is 25.8 Å². The molecule has 0 saturated heterocycles. The van der Waals surface area contributed by atoms with Crippen molar-refractivity contribution in [1.29, 1.82) is 0 Å². The van der Waals surface area contributed by atoms with E-state index < -0.39 is 0 Å². The molecule has 2 atom stereocenters. The lowest BCUT2D eigenvalue weighted by atomic mass is 9.97. The van der Waals surface area contributed by atoms with Crippen molar-refractivity contribution < 1.29 is 10.3 Å². The number of rotatable bonds is 6. The monoisotopic (exact) mass is 278 g/mol.